The van der Waals surface area contributed by atoms with Gasteiger partial charge in [-0.15, -0.1) is 0 Å². The molecule has 9 nitrogen and oxygen atoms in total. The van der Waals surface area contributed by atoms with Crippen LogP contribution in [0.1, 0.15) is 45.5 Å². The lowest BCUT2D eigenvalue weighted by molar-refractivity contribution is 0.0249. The van der Waals surface area contributed by atoms with Gasteiger partial charge in [-0.1, -0.05) is 13.8 Å². The third kappa shape index (κ3) is 7.74. The number of aryl methyl sites for hydroxylation is 1. The van der Waals surface area contributed by atoms with Gasteiger partial charge in [0.1, 0.15) is 23.6 Å². The van der Waals surface area contributed by atoms with Gasteiger partial charge >= 0.3 is 6.03 Å². The number of aliphatic hydroxyl groups excluding tert-OH is 2. The molecule has 2 saturated heterocycles. The van der Waals surface area contributed by atoms with Crippen LogP contribution >= 0.6 is 0 Å². The van der Waals surface area contributed by atoms with Crippen molar-refractivity contribution in [2.24, 2.45) is 11.8 Å². The molecule has 40 heavy (non-hydrogen) atoms. The van der Waals surface area contributed by atoms with E-state index < -0.39 is 48.5 Å². The highest BCUT2D eigenvalue weighted by molar-refractivity contribution is 5.75. The molecule has 4 rings (SSSR count). The maximum Gasteiger partial charge on any atom is 0.318 e. The number of halogens is 3. The van der Waals surface area contributed by atoms with Crippen LogP contribution in [0, 0.1) is 23.5 Å². The molecule has 4 atom stereocenters. The lowest BCUT2D eigenvalue weighted by atomic mass is 9.89. The van der Waals surface area contributed by atoms with Crippen LogP contribution in [0.3, 0.4) is 0 Å². The normalized spacial score (nSPS) is 20.9. The third-order valence-corrected chi connectivity index (χ3v) is 7.31. The van der Waals surface area contributed by atoms with E-state index >= 15 is 0 Å². The summed E-state index contributed by atoms with van der Waals surface area (Å²) < 4.78 is 50.8. The van der Waals surface area contributed by atoms with Crippen molar-refractivity contribution in [3.63, 3.8) is 0 Å². The number of rotatable bonds is 10. The molecule has 12 heteroatoms. The van der Waals surface area contributed by atoms with Gasteiger partial charge in [-0.25, -0.2) is 22.9 Å². The Morgan fingerprint density at radius 3 is 2.62 bits per heavy atom. The molecule has 2 aliphatic rings. The fourth-order valence-electron chi connectivity index (χ4n) is 5.21. The summed E-state index contributed by atoms with van der Waals surface area (Å²) in [5, 5.41) is 24.7. The lowest BCUT2D eigenvalue weighted by Crippen LogP contribution is -2.50. The van der Waals surface area contributed by atoms with Crippen molar-refractivity contribution < 1.29 is 32.9 Å². The average molecular weight is 570 g/mol. The van der Waals surface area contributed by atoms with E-state index in [0.29, 0.717) is 45.0 Å². The Balaban J connectivity index is 0.00000216. The van der Waals surface area contributed by atoms with Crippen LogP contribution in [0.2, 0.25) is 0 Å². The van der Waals surface area contributed by atoms with Crippen LogP contribution in [-0.2, 0) is 11.3 Å². The molecule has 4 N–H and O–H groups in total. The second-order valence-electron chi connectivity index (χ2n) is 9.90. The predicted octanol–water partition coefficient (Wildman–Crippen LogP) is 3.26. The third-order valence-electron chi connectivity index (χ3n) is 7.31. The Kier molecular flexibility index (Phi) is 12.2. The van der Waals surface area contributed by atoms with Gasteiger partial charge in [0.2, 0.25) is 0 Å². The largest absolute Gasteiger partial charge is 0.394 e. The number of amides is 2. The molecule has 3 heterocycles. The van der Waals surface area contributed by atoms with Crippen LogP contribution in [0.25, 0.3) is 11.3 Å². The molecule has 0 saturated carbocycles. The second-order valence-corrected chi connectivity index (χ2v) is 9.90. The number of aliphatic hydroxyl groups is 2. The molecule has 2 aromatic rings. The zero-order valence-electron chi connectivity index (χ0n) is 23.5. The van der Waals surface area contributed by atoms with Crippen molar-refractivity contribution in [3.05, 3.63) is 41.9 Å². The minimum atomic E-state index is -1.15. The number of urea groups is 1. The summed E-state index contributed by atoms with van der Waals surface area (Å²) in [5.74, 6) is -1.29. The number of imidazole rings is 1. The fourth-order valence-corrected chi connectivity index (χ4v) is 5.21. The van der Waals surface area contributed by atoms with Crippen LogP contribution in [0.5, 0.6) is 0 Å². The molecule has 0 aliphatic carbocycles. The molecule has 2 fully saturated rings. The van der Waals surface area contributed by atoms with Gasteiger partial charge in [-0.2, -0.15) is 0 Å². The number of nitrogens with one attached hydrogen (secondary N) is 2. The number of nitrogens with zero attached hydrogens (tertiary/aromatic N) is 3. The zero-order chi connectivity index (χ0) is 29.2. The van der Waals surface area contributed by atoms with E-state index in [9.17, 15) is 28.2 Å². The summed E-state index contributed by atoms with van der Waals surface area (Å²) in [6, 6.07) is 2.02. The molecule has 2 aliphatic heterocycles. The van der Waals surface area contributed by atoms with Crippen molar-refractivity contribution in [2.75, 3.05) is 46.0 Å². The van der Waals surface area contributed by atoms with Crippen LogP contribution < -0.4 is 10.6 Å². The minimum absolute atomic E-state index is 0.00932. The smallest absolute Gasteiger partial charge is 0.318 e. The minimum Gasteiger partial charge on any atom is -0.394 e. The zero-order valence-corrected chi connectivity index (χ0v) is 23.5. The summed E-state index contributed by atoms with van der Waals surface area (Å²) in [5.41, 5.74) is 0.243. The molecule has 0 bridgehead atoms. The summed E-state index contributed by atoms with van der Waals surface area (Å²) in [4.78, 5) is 19.9. The number of alkyl halides is 1. The highest BCUT2D eigenvalue weighted by Crippen LogP contribution is 2.37. The van der Waals surface area contributed by atoms with E-state index in [-0.39, 0.29) is 36.8 Å². The molecule has 2 amide bonds. The highest BCUT2D eigenvalue weighted by Gasteiger charge is 2.40. The van der Waals surface area contributed by atoms with Crippen LogP contribution in [0.4, 0.5) is 18.0 Å². The average Bonchev–Trinajstić information content (AvgIpc) is 3.59. The van der Waals surface area contributed by atoms with Gasteiger partial charge < -0.3 is 35.1 Å². The molecule has 224 valence electrons. The molecular formula is C28H42F3N5O4. The molecule has 4 unspecified atom stereocenters. The van der Waals surface area contributed by atoms with Crippen molar-refractivity contribution >= 4 is 6.03 Å². The monoisotopic (exact) mass is 569 g/mol. The van der Waals surface area contributed by atoms with Crippen molar-refractivity contribution in [3.8, 4) is 11.3 Å². The summed E-state index contributed by atoms with van der Waals surface area (Å²) in [6.45, 7) is 7.26. The Hall–Kier alpha value is -2.67. The number of aromatic nitrogens is 2. The first-order chi connectivity index (χ1) is 19.3. The van der Waals surface area contributed by atoms with Gasteiger partial charge in [0, 0.05) is 63.6 Å². The molecule has 1 aromatic heterocycles. The Morgan fingerprint density at radius 1 is 1.27 bits per heavy atom. The maximum atomic E-state index is 14.7. The number of benzene rings is 1. The highest BCUT2D eigenvalue weighted by atomic mass is 19.1. The predicted molar refractivity (Wildman–Crippen MR) is 145 cm³/mol. The molecular weight excluding hydrogens is 527 g/mol. The van der Waals surface area contributed by atoms with Crippen LogP contribution in [-0.4, -0.2) is 89.0 Å². The van der Waals surface area contributed by atoms with Gasteiger partial charge in [-0.3, -0.25) is 0 Å². The molecule has 1 aromatic carbocycles. The van der Waals surface area contributed by atoms with E-state index in [1.807, 2.05) is 25.3 Å². The standard InChI is InChI=1S/C26H36F3N5O4.C2H6/c1-2-33-14-23(20-9-18(27)3-4-21(20)28)32-25(33)24(16-5-7-38-8-6-16)34(13-17-10-30-12-22(17)29)26(37)31-11-19(36)15-35;1-2/h3-4,9,14,16-17,19,22,24,30,35-36H,2,5-8,10-13,15H2,1H3,(H,31,37);1-2H3. The quantitative estimate of drug-likeness (QED) is 0.350. The molecule has 0 radical (unpaired) electrons. The van der Waals surface area contributed by atoms with E-state index in [0.717, 1.165) is 18.2 Å². The SMILES string of the molecule is CC.CCn1cc(-c2cc(F)ccc2F)nc1C(C1CCOCC1)N(CC1CNCC1F)C(=O)NCC(O)CO. The Morgan fingerprint density at radius 2 is 2.00 bits per heavy atom. The van der Waals surface area contributed by atoms with Crippen molar-refractivity contribution in [2.45, 2.75) is 58.5 Å². The first-order valence-electron chi connectivity index (χ1n) is 14.1. The topological polar surface area (TPSA) is 112 Å². The Bertz CT molecular complexity index is 1080. The number of ether oxygens (including phenoxy) is 1. The fraction of sp³-hybridized carbons (Fsp3) is 0.643. The number of carbonyl (C=O) groups is 1. The van der Waals surface area contributed by atoms with E-state index in [1.165, 1.54) is 0 Å². The van der Waals surface area contributed by atoms with Crippen LogP contribution in [0.15, 0.2) is 24.4 Å². The van der Waals surface area contributed by atoms with E-state index in [4.69, 9.17) is 9.72 Å². The number of hydrogen-bond acceptors (Lipinski definition) is 6. The van der Waals surface area contributed by atoms with Gasteiger partial charge in [0.15, 0.2) is 0 Å². The van der Waals surface area contributed by atoms with Gasteiger partial charge in [0.05, 0.1) is 24.4 Å². The first-order valence-corrected chi connectivity index (χ1v) is 14.1. The van der Waals surface area contributed by atoms with Crippen molar-refractivity contribution in [1.29, 1.82) is 0 Å². The van der Waals surface area contributed by atoms with Gasteiger partial charge in [0.25, 0.3) is 0 Å². The van der Waals surface area contributed by atoms with E-state index in [2.05, 4.69) is 10.6 Å². The number of carbonyl (C=O) groups excluding carboxylic acids is 1. The van der Waals surface area contributed by atoms with E-state index in [1.54, 1.807) is 11.1 Å². The second kappa shape index (κ2) is 15.4. The summed E-state index contributed by atoms with van der Waals surface area (Å²) >= 11 is 0. The van der Waals surface area contributed by atoms with Crippen molar-refractivity contribution in [1.82, 2.24) is 25.1 Å². The molecule has 0 spiro atoms. The summed E-state index contributed by atoms with van der Waals surface area (Å²) in [6.07, 6.45) is 0.586. The van der Waals surface area contributed by atoms with Gasteiger partial charge in [-0.05, 0) is 43.9 Å². The maximum absolute atomic E-state index is 14.7. The number of hydrogen-bond donors (Lipinski definition) is 4. The Labute approximate surface area is 233 Å². The lowest BCUT2D eigenvalue weighted by Gasteiger charge is -2.39. The summed E-state index contributed by atoms with van der Waals surface area (Å²) in [7, 11) is 0. The first kappa shape index (κ1) is 31.9.